The van der Waals surface area contributed by atoms with Gasteiger partial charge in [0.1, 0.15) is 6.61 Å². The molecule has 0 aromatic heterocycles. The predicted octanol–water partition coefficient (Wildman–Crippen LogP) is 2.42. The van der Waals surface area contributed by atoms with Gasteiger partial charge in [-0.05, 0) is 0 Å². The van der Waals surface area contributed by atoms with E-state index in [1.54, 1.807) is 0 Å². The van der Waals surface area contributed by atoms with Gasteiger partial charge in [0.25, 0.3) is 0 Å². The number of rotatable bonds is 5. The van der Waals surface area contributed by atoms with Crippen LogP contribution in [0.4, 0.5) is 39.5 Å². The number of hydrogen-bond acceptors (Lipinski definition) is 2. The van der Waals surface area contributed by atoms with Crippen molar-refractivity contribution < 1.29 is 49.4 Å². The zero-order chi connectivity index (χ0) is 14.1. The fraction of sp³-hybridized carbons (Fsp3) is 1.00. The molecular weight excluding hydrogens is 275 g/mol. The van der Waals surface area contributed by atoms with Crippen molar-refractivity contribution in [3.05, 3.63) is 0 Å². The van der Waals surface area contributed by atoms with Gasteiger partial charge in [-0.3, -0.25) is 0 Å². The summed E-state index contributed by atoms with van der Waals surface area (Å²) in [6, 6.07) is 0. The van der Waals surface area contributed by atoms with Crippen LogP contribution < -0.4 is 0 Å². The third-order valence-electron chi connectivity index (χ3n) is 1.44. The first-order valence-corrected chi connectivity index (χ1v) is 3.72. The quantitative estimate of drug-likeness (QED) is 0.619. The maximum Gasteiger partial charge on any atom is 0.458 e. The van der Waals surface area contributed by atoms with Gasteiger partial charge in [0.15, 0.2) is 0 Å². The lowest BCUT2D eigenvalue weighted by atomic mass is 10.3. The first-order chi connectivity index (χ1) is 7.32. The fourth-order valence-corrected chi connectivity index (χ4v) is 0.498. The maximum absolute atomic E-state index is 12.2. The van der Waals surface area contributed by atoms with Crippen molar-refractivity contribution in [1.82, 2.24) is 0 Å². The molecule has 1 N–H and O–H groups in total. The minimum Gasteiger partial charge on any atom is -0.363 e. The molecular formula is C6H5F9O2. The van der Waals surface area contributed by atoms with Crippen LogP contribution in [-0.4, -0.2) is 42.5 Å². The molecule has 0 aromatic rings. The van der Waals surface area contributed by atoms with E-state index in [2.05, 4.69) is 4.74 Å². The molecule has 1 unspecified atom stereocenters. The van der Waals surface area contributed by atoms with E-state index in [-0.39, 0.29) is 0 Å². The number of halogens is 9. The lowest BCUT2D eigenvalue weighted by molar-refractivity contribution is -0.363. The Labute approximate surface area is 88.0 Å². The van der Waals surface area contributed by atoms with Crippen molar-refractivity contribution in [2.24, 2.45) is 0 Å². The predicted molar refractivity (Wildman–Crippen MR) is 33.9 cm³/mol. The number of ether oxygens (including phenoxy) is 1. The molecule has 0 saturated carbocycles. The van der Waals surface area contributed by atoms with Crippen LogP contribution in [0.1, 0.15) is 0 Å². The number of aliphatic hydroxyl groups is 1. The van der Waals surface area contributed by atoms with Crippen LogP contribution in [0, 0.1) is 0 Å². The van der Waals surface area contributed by atoms with Crippen LogP contribution in [-0.2, 0) is 4.74 Å². The van der Waals surface area contributed by atoms with Gasteiger partial charge in [0.05, 0.1) is 0 Å². The first kappa shape index (κ1) is 16.3. The molecule has 0 aliphatic carbocycles. The van der Waals surface area contributed by atoms with Crippen molar-refractivity contribution in [3.8, 4) is 0 Å². The van der Waals surface area contributed by atoms with Crippen molar-refractivity contribution in [2.45, 2.75) is 30.7 Å². The summed E-state index contributed by atoms with van der Waals surface area (Å²) in [6.45, 7) is -2.47. The largest absolute Gasteiger partial charge is 0.458 e. The Balaban J connectivity index is 4.53. The smallest absolute Gasteiger partial charge is 0.363 e. The highest BCUT2D eigenvalue weighted by atomic mass is 19.4. The van der Waals surface area contributed by atoms with Crippen molar-refractivity contribution in [3.63, 3.8) is 0 Å². The van der Waals surface area contributed by atoms with E-state index in [1.165, 1.54) is 0 Å². The number of hydrogen-bond donors (Lipinski definition) is 1. The molecule has 2 nitrogen and oxygen atoms in total. The van der Waals surface area contributed by atoms with Crippen LogP contribution in [0.3, 0.4) is 0 Å². The Morgan fingerprint density at radius 3 is 1.65 bits per heavy atom. The lowest BCUT2D eigenvalue weighted by Crippen LogP contribution is -2.49. The zero-order valence-electron chi connectivity index (χ0n) is 7.62. The van der Waals surface area contributed by atoms with Gasteiger partial charge < -0.3 is 9.84 Å². The molecule has 0 rings (SSSR count). The summed E-state index contributed by atoms with van der Waals surface area (Å²) in [5.41, 5.74) is 0. The summed E-state index contributed by atoms with van der Waals surface area (Å²) in [5, 5.41) is 8.19. The Hall–Kier alpha value is -0.710. The molecule has 0 aliphatic heterocycles. The molecule has 0 radical (unpaired) electrons. The highest BCUT2D eigenvalue weighted by Crippen LogP contribution is 2.39. The molecule has 0 fully saturated rings. The minimum atomic E-state index is -6.26. The summed E-state index contributed by atoms with van der Waals surface area (Å²) in [5.74, 6) is -10.8. The van der Waals surface area contributed by atoms with Crippen molar-refractivity contribution in [2.75, 3.05) is 6.61 Å². The topological polar surface area (TPSA) is 29.5 Å². The standard InChI is InChI=1S/C6H5F9O2/c7-2(8)4(9,10)1-17-3(16)5(11,12)6(13,14)15/h2-3,16H,1H2. The first-order valence-electron chi connectivity index (χ1n) is 3.72. The van der Waals surface area contributed by atoms with Crippen molar-refractivity contribution in [1.29, 1.82) is 0 Å². The van der Waals surface area contributed by atoms with E-state index in [4.69, 9.17) is 5.11 Å². The van der Waals surface area contributed by atoms with Gasteiger partial charge in [0.2, 0.25) is 6.29 Å². The SMILES string of the molecule is OC(OCC(F)(F)C(F)F)C(F)(F)C(F)(F)F. The van der Waals surface area contributed by atoms with Gasteiger partial charge in [-0.1, -0.05) is 0 Å². The molecule has 0 spiro atoms. The van der Waals surface area contributed by atoms with E-state index in [0.717, 1.165) is 0 Å². The van der Waals surface area contributed by atoms with Crippen LogP contribution in [0.2, 0.25) is 0 Å². The molecule has 0 amide bonds. The van der Waals surface area contributed by atoms with Crippen LogP contribution in [0.5, 0.6) is 0 Å². The Bertz CT molecular complexity index is 248. The Morgan fingerprint density at radius 1 is 0.941 bits per heavy atom. The molecule has 0 aromatic carbocycles. The summed E-state index contributed by atoms with van der Waals surface area (Å²) in [4.78, 5) is 0. The molecule has 0 saturated heterocycles. The van der Waals surface area contributed by atoms with Gasteiger partial charge in [-0.25, -0.2) is 8.78 Å². The fourth-order valence-electron chi connectivity index (χ4n) is 0.498. The summed E-state index contributed by atoms with van der Waals surface area (Å²) < 4.78 is 109. The zero-order valence-corrected chi connectivity index (χ0v) is 7.62. The van der Waals surface area contributed by atoms with Crippen LogP contribution in [0.15, 0.2) is 0 Å². The highest BCUT2D eigenvalue weighted by Gasteiger charge is 2.63. The summed E-state index contributed by atoms with van der Waals surface area (Å²) in [7, 11) is 0. The van der Waals surface area contributed by atoms with Crippen molar-refractivity contribution >= 4 is 0 Å². The maximum atomic E-state index is 12.2. The average Bonchev–Trinajstić information content (AvgIpc) is 2.12. The Kier molecular flexibility index (Phi) is 4.68. The molecule has 104 valence electrons. The van der Waals surface area contributed by atoms with E-state index >= 15 is 0 Å². The average molecular weight is 280 g/mol. The molecule has 17 heavy (non-hydrogen) atoms. The molecule has 11 heteroatoms. The van der Waals surface area contributed by atoms with Gasteiger partial charge in [-0.2, -0.15) is 30.7 Å². The van der Waals surface area contributed by atoms with E-state index in [9.17, 15) is 39.5 Å². The van der Waals surface area contributed by atoms with E-state index in [0.29, 0.717) is 0 Å². The van der Waals surface area contributed by atoms with Gasteiger partial charge in [-0.15, -0.1) is 0 Å². The number of alkyl halides is 9. The summed E-state index contributed by atoms with van der Waals surface area (Å²) in [6.07, 6.45) is -14.6. The highest BCUT2D eigenvalue weighted by molar-refractivity contribution is 4.80. The van der Waals surface area contributed by atoms with Gasteiger partial charge >= 0.3 is 24.4 Å². The monoisotopic (exact) mass is 280 g/mol. The second-order valence-electron chi connectivity index (χ2n) is 2.85. The molecule has 0 aliphatic rings. The third kappa shape index (κ3) is 3.91. The third-order valence-corrected chi connectivity index (χ3v) is 1.44. The second kappa shape index (κ2) is 4.88. The number of aliphatic hydroxyl groups excluding tert-OH is 1. The van der Waals surface area contributed by atoms with E-state index in [1.807, 2.05) is 0 Å². The molecule has 0 heterocycles. The van der Waals surface area contributed by atoms with Crippen LogP contribution >= 0.6 is 0 Å². The minimum absolute atomic E-state index is 2.47. The second-order valence-corrected chi connectivity index (χ2v) is 2.85. The van der Waals surface area contributed by atoms with Crippen LogP contribution in [0.25, 0.3) is 0 Å². The van der Waals surface area contributed by atoms with Gasteiger partial charge in [0, 0.05) is 0 Å². The normalized spacial score (nSPS) is 16.4. The lowest BCUT2D eigenvalue weighted by Gasteiger charge is -2.26. The Morgan fingerprint density at radius 2 is 1.35 bits per heavy atom. The molecule has 0 bridgehead atoms. The van der Waals surface area contributed by atoms with E-state index < -0.39 is 37.3 Å². The molecule has 1 atom stereocenters. The summed E-state index contributed by atoms with van der Waals surface area (Å²) >= 11 is 0.